The van der Waals surface area contributed by atoms with Crippen LogP contribution in [0.4, 0.5) is 0 Å². The van der Waals surface area contributed by atoms with Gasteiger partial charge in [-0.25, -0.2) is 0 Å². The minimum absolute atomic E-state index is 0.0277. The van der Waals surface area contributed by atoms with Gasteiger partial charge in [0.1, 0.15) is 0 Å². The van der Waals surface area contributed by atoms with Crippen LogP contribution < -0.4 is 5.32 Å². The van der Waals surface area contributed by atoms with E-state index in [0.29, 0.717) is 12.3 Å². The number of carbonyl (C=O) groups is 2. The van der Waals surface area contributed by atoms with Crippen LogP contribution in [0.1, 0.15) is 20.3 Å². The highest BCUT2D eigenvalue weighted by molar-refractivity contribution is 5.84. The van der Waals surface area contributed by atoms with Gasteiger partial charge in [-0.2, -0.15) is 0 Å². The van der Waals surface area contributed by atoms with Crippen molar-refractivity contribution in [2.75, 3.05) is 19.6 Å². The monoisotopic (exact) mass is 184 g/mol. The van der Waals surface area contributed by atoms with Crippen LogP contribution in [0.15, 0.2) is 0 Å². The van der Waals surface area contributed by atoms with E-state index in [1.54, 1.807) is 11.8 Å². The maximum Gasteiger partial charge on any atom is 0.241 e. The molecule has 0 aliphatic carbocycles. The summed E-state index contributed by atoms with van der Waals surface area (Å²) in [5, 5.41) is 2.57. The van der Waals surface area contributed by atoms with Crippen molar-refractivity contribution in [2.24, 2.45) is 5.92 Å². The molecule has 0 saturated carbocycles. The summed E-state index contributed by atoms with van der Waals surface area (Å²) < 4.78 is 0. The molecule has 1 heterocycles. The number of carbonyl (C=O) groups excluding carboxylic acids is 2. The molecular formula is C9H16N2O2. The molecule has 4 heteroatoms. The van der Waals surface area contributed by atoms with E-state index in [4.69, 9.17) is 0 Å². The number of hydrogen-bond donors (Lipinski definition) is 1. The normalized spacial score (nSPS) is 16.6. The lowest BCUT2D eigenvalue weighted by Gasteiger charge is -2.37. The van der Waals surface area contributed by atoms with Crippen molar-refractivity contribution in [3.05, 3.63) is 0 Å². The van der Waals surface area contributed by atoms with Crippen LogP contribution in [0.3, 0.4) is 0 Å². The molecular weight excluding hydrogens is 168 g/mol. The Bertz CT molecular complexity index is 210. The summed E-state index contributed by atoms with van der Waals surface area (Å²) in [4.78, 5) is 23.9. The van der Waals surface area contributed by atoms with Gasteiger partial charge < -0.3 is 10.2 Å². The Kier molecular flexibility index (Phi) is 3.28. The molecule has 13 heavy (non-hydrogen) atoms. The average Bonchev–Trinajstić information content (AvgIpc) is 2.08. The van der Waals surface area contributed by atoms with Crippen LogP contribution in [0.5, 0.6) is 0 Å². The summed E-state index contributed by atoms with van der Waals surface area (Å²) in [6.45, 7) is 5.70. The second-order valence-electron chi connectivity index (χ2n) is 3.53. The van der Waals surface area contributed by atoms with Crippen molar-refractivity contribution in [3.63, 3.8) is 0 Å². The van der Waals surface area contributed by atoms with Gasteiger partial charge in [-0.05, 0) is 5.92 Å². The van der Waals surface area contributed by atoms with Gasteiger partial charge in [0.05, 0.1) is 6.54 Å². The summed E-state index contributed by atoms with van der Waals surface area (Å²) >= 11 is 0. The second kappa shape index (κ2) is 4.25. The van der Waals surface area contributed by atoms with E-state index in [9.17, 15) is 9.59 Å². The summed E-state index contributed by atoms with van der Waals surface area (Å²) in [6, 6.07) is 0. The van der Waals surface area contributed by atoms with Crippen molar-refractivity contribution in [1.82, 2.24) is 10.2 Å². The third kappa shape index (κ3) is 2.72. The molecule has 0 unspecified atom stereocenters. The van der Waals surface area contributed by atoms with Crippen molar-refractivity contribution >= 4 is 11.8 Å². The maximum absolute atomic E-state index is 11.3. The largest absolute Gasteiger partial charge is 0.347 e. The highest BCUT2D eigenvalue weighted by atomic mass is 16.2. The van der Waals surface area contributed by atoms with Gasteiger partial charge in [0, 0.05) is 19.5 Å². The molecule has 0 spiro atoms. The first-order chi connectivity index (χ1) is 6.13. The fourth-order valence-electron chi connectivity index (χ4n) is 1.31. The van der Waals surface area contributed by atoms with Crippen molar-refractivity contribution < 1.29 is 9.59 Å². The first-order valence-electron chi connectivity index (χ1n) is 4.68. The molecule has 1 fully saturated rings. The topological polar surface area (TPSA) is 49.4 Å². The Morgan fingerprint density at radius 1 is 1.46 bits per heavy atom. The first-order valence-corrected chi connectivity index (χ1v) is 4.68. The predicted molar refractivity (Wildman–Crippen MR) is 49.0 cm³/mol. The summed E-state index contributed by atoms with van der Waals surface area (Å²) in [5.74, 6) is 0.577. The van der Waals surface area contributed by atoms with Crippen LogP contribution in [0.2, 0.25) is 0 Å². The van der Waals surface area contributed by atoms with Crippen molar-refractivity contribution in [2.45, 2.75) is 20.3 Å². The Morgan fingerprint density at radius 2 is 2.08 bits per heavy atom. The van der Waals surface area contributed by atoms with Crippen LogP contribution in [0, 0.1) is 5.92 Å². The second-order valence-corrected chi connectivity index (χ2v) is 3.53. The van der Waals surface area contributed by atoms with Gasteiger partial charge >= 0.3 is 0 Å². The van der Waals surface area contributed by atoms with E-state index < -0.39 is 0 Å². The molecule has 1 N–H and O–H groups in total. The lowest BCUT2D eigenvalue weighted by Crippen LogP contribution is -2.51. The maximum atomic E-state index is 11.3. The molecule has 0 aromatic heterocycles. The molecule has 0 bridgehead atoms. The number of amides is 2. The average molecular weight is 184 g/mol. The zero-order chi connectivity index (χ0) is 9.84. The van der Waals surface area contributed by atoms with E-state index in [1.165, 1.54) is 0 Å². The fourth-order valence-corrected chi connectivity index (χ4v) is 1.31. The van der Waals surface area contributed by atoms with Crippen molar-refractivity contribution in [1.29, 1.82) is 0 Å². The Balaban J connectivity index is 2.15. The highest BCUT2D eigenvalue weighted by Crippen LogP contribution is 2.13. The minimum atomic E-state index is -0.0677. The molecule has 0 radical (unpaired) electrons. The van der Waals surface area contributed by atoms with Gasteiger partial charge in [0.15, 0.2) is 0 Å². The van der Waals surface area contributed by atoms with E-state index in [1.807, 2.05) is 0 Å². The smallest absolute Gasteiger partial charge is 0.241 e. The van der Waals surface area contributed by atoms with Crippen molar-refractivity contribution in [3.8, 4) is 0 Å². The number of likely N-dealkylation sites (tertiary alicyclic amines) is 1. The SMILES string of the molecule is CCC(=O)NCC(=O)N1CC(C)C1. The summed E-state index contributed by atoms with van der Waals surface area (Å²) in [6.07, 6.45) is 0.434. The molecule has 1 saturated heterocycles. The van der Waals surface area contributed by atoms with Gasteiger partial charge in [-0.1, -0.05) is 13.8 Å². The molecule has 1 aliphatic heterocycles. The lowest BCUT2D eigenvalue weighted by molar-refractivity contribution is -0.137. The summed E-state index contributed by atoms with van der Waals surface area (Å²) in [7, 11) is 0. The number of nitrogens with one attached hydrogen (secondary N) is 1. The molecule has 1 aliphatic rings. The standard InChI is InChI=1S/C9H16N2O2/c1-3-8(12)10-4-9(13)11-5-7(2)6-11/h7H,3-6H2,1-2H3,(H,10,12). The Labute approximate surface area is 78.3 Å². The minimum Gasteiger partial charge on any atom is -0.347 e. The number of hydrogen-bond acceptors (Lipinski definition) is 2. The highest BCUT2D eigenvalue weighted by Gasteiger charge is 2.26. The molecule has 74 valence electrons. The molecule has 4 nitrogen and oxygen atoms in total. The van der Waals surface area contributed by atoms with Gasteiger partial charge in [0.25, 0.3) is 0 Å². The third-order valence-corrected chi connectivity index (χ3v) is 2.17. The van der Waals surface area contributed by atoms with Crippen LogP contribution >= 0.6 is 0 Å². The molecule has 0 aromatic rings. The van der Waals surface area contributed by atoms with Crippen LogP contribution in [-0.2, 0) is 9.59 Å². The Morgan fingerprint density at radius 3 is 2.54 bits per heavy atom. The number of nitrogens with zero attached hydrogens (tertiary/aromatic N) is 1. The lowest BCUT2D eigenvalue weighted by atomic mass is 10.0. The zero-order valence-corrected chi connectivity index (χ0v) is 8.17. The molecule has 1 rings (SSSR count). The molecule has 2 amide bonds. The predicted octanol–water partition coefficient (Wildman–Crippen LogP) is -0.00910. The number of rotatable bonds is 3. The molecule has 0 atom stereocenters. The van der Waals surface area contributed by atoms with Crippen LogP contribution in [-0.4, -0.2) is 36.3 Å². The van der Waals surface area contributed by atoms with Gasteiger partial charge in [-0.3, -0.25) is 9.59 Å². The van der Waals surface area contributed by atoms with E-state index in [0.717, 1.165) is 13.1 Å². The van der Waals surface area contributed by atoms with Gasteiger partial charge in [-0.15, -0.1) is 0 Å². The zero-order valence-electron chi connectivity index (χ0n) is 8.17. The quantitative estimate of drug-likeness (QED) is 0.670. The van der Waals surface area contributed by atoms with Crippen LogP contribution in [0.25, 0.3) is 0 Å². The third-order valence-electron chi connectivity index (χ3n) is 2.17. The van der Waals surface area contributed by atoms with E-state index in [-0.39, 0.29) is 18.4 Å². The summed E-state index contributed by atoms with van der Waals surface area (Å²) in [5.41, 5.74) is 0. The molecule has 0 aromatic carbocycles. The first kappa shape index (κ1) is 10.0. The van der Waals surface area contributed by atoms with E-state index in [2.05, 4.69) is 12.2 Å². The Hall–Kier alpha value is -1.06. The van der Waals surface area contributed by atoms with E-state index >= 15 is 0 Å². The van der Waals surface area contributed by atoms with Gasteiger partial charge in [0.2, 0.25) is 11.8 Å². The fraction of sp³-hybridized carbons (Fsp3) is 0.778.